The van der Waals surface area contributed by atoms with E-state index in [0.29, 0.717) is 5.56 Å². The molecule has 7 heteroatoms. The molecule has 1 unspecified atom stereocenters. The highest BCUT2D eigenvalue weighted by Crippen LogP contribution is 2.24. The van der Waals surface area contributed by atoms with Gasteiger partial charge in [-0.3, -0.25) is 4.79 Å². The quantitative estimate of drug-likeness (QED) is 0.780. The van der Waals surface area contributed by atoms with Crippen LogP contribution in [0.2, 0.25) is 0 Å². The van der Waals surface area contributed by atoms with Gasteiger partial charge in [0.15, 0.2) is 5.78 Å². The second-order valence-electron chi connectivity index (χ2n) is 4.97. The number of benzene rings is 2. The predicted molar refractivity (Wildman–Crippen MR) is 79.9 cm³/mol. The fraction of sp³-hybridized carbons (Fsp3) is 0.235. The second-order valence-corrected chi connectivity index (χ2v) is 4.97. The number of carbonyl (C=O) groups excluding carboxylic acids is 1. The first-order valence-electron chi connectivity index (χ1n) is 7.03. The van der Waals surface area contributed by atoms with Gasteiger partial charge in [-0.2, -0.15) is 8.78 Å². The van der Waals surface area contributed by atoms with Gasteiger partial charge in [-0.15, -0.1) is 0 Å². The molecule has 0 heterocycles. The number of aliphatic hydroxyl groups is 1. The van der Waals surface area contributed by atoms with Crippen LogP contribution in [-0.2, 0) is 0 Å². The van der Waals surface area contributed by atoms with Crippen LogP contribution in [0.3, 0.4) is 0 Å². The minimum Gasteiger partial charge on any atom is -0.490 e. The van der Waals surface area contributed by atoms with Crippen molar-refractivity contribution in [2.24, 2.45) is 0 Å². The van der Waals surface area contributed by atoms with Crippen molar-refractivity contribution in [1.29, 1.82) is 0 Å². The molecule has 2 aromatic carbocycles. The number of aliphatic hydroxyl groups excluding tert-OH is 1. The Morgan fingerprint density at radius 3 is 2.42 bits per heavy atom. The molecule has 2 rings (SSSR count). The normalized spacial score (nSPS) is 12.1. The van der Waals surface area contributed by atoms with Gasteiger partial charge in [0.2, 0.25) is 0 Å². The summed E-state index contributed by atoms with van der Waals surface area (Å²) >= 11 is 0. The third kappa shape index (κ3) is 4.73. The Kier molecular flexibility index (Phi) is 5.81. The molecule has 0 saturated carbocycles. The number of halogens is 3. The van der Waals surface area contributed by atoms with Gasteiger partial charge in [-0.25, -0.2) is 4.39 Å². The smallest absolute Gasteiger partial charge is 0.387 e. The van der Waals surface area contributed by atoms with Crippen LogP contribution in [0, 0.1) is 5.82 Å². The van der Waals surface area contributed by atoms with E-state index < -0.39 is 18.5 Å². The summed E-state index contributed by atoms with van der Waals surface area (Å²) in [5.74, 6) is -0.879. The lowest BCUT2D eigenvalue weighted by atomic mass is 10.1. The summed E-state index contributed by atoms with van der Waals surface area (Å²) in [6, 6.07) is 8.88. The molecule has 0 aromatic heterocycles. The molecule has 0 fully saturated rings. The van der Waals surface area contributed by atoms with Crippen LogP contribution in [0.5, 0.6) is 11.5 Å². The number of hydrogen-bond donors (Lipinski definition) is 1. The Morgan fingerprint density at radius 1 is 1.17 bits per heavy atom. The summed E-state index contributed by atoms with van der Waals surface area (Å²) in [6.07, 6.45) is -1.09. The van der Waals surface area contributed by atoms with Gasteiger partial charge in [0.25, 0.3) is 0 Å². The molecule has 0 aliphatic heterocycles. The van der Waals surface area contributed by atoms with Crippen molar-refractivity contribution in [3.05, 3.63) is 59.4 Å². The molecular weight excluding hydrogens is 325 g/mol. The highest BCUT2D eigenvalue weighted by atomic mass is 19.3. The fourth-order valence-electron chi connectivity index (χ4n) is 2.04. The second kappa shape index (κ2) is 7.83. The Morgan fingerprint density at radius 2 is 1.83 bits per heavy atom. The highest BCUT2D eigenvalue weighted by Gasteiger charge is 2.14. The Hall–Kier alpha value is -2.54. The minimum atomic E-state index is -2.93. The summed E-state index contributed by atoms with van der Waals surface area (Å²) in [6.45, 7) is -1.85. The average molecular weight is 340 g/mol. The number of rotatable bonds is 7. The molecule has 4 nitrogen and oxygen atoms in total. The topological polar surface area (TPSA) is 55.8 Å². The van der Waals surface area contributed by atoms with Gasteiger partial charge in [-0.05, 0) is 36.8 Å². The Balaban J connectivity index is 2.04. The van der Waals surface area contributed by atoms with Crippen molar-refractivity contribution in [1.82, 2.24) is 0 Å². The zero-order chi connectivity index (χ0) is 17.7. The average Bonchev–Trinajstić information content (AvgIpc) is 2.52. The lowest BCUT2D eigenvalue weighted by Crippen LogP contribution is -2.11. The lowest BCUT2D eigenvalue weighted by molar-refractivity contribution is -0.0498. The molecule has 0 spiro atoms. The van der Waals surface area contributed by atoms with Crippen LogP contribution >= 0.6 is 0 Å². The number of ketones is 1. The predicted octanol–water partition coefficient (Wildman–Crippen LogP) is 3.74. The Bertz CT molecular complexity index is 701. The monoisotopic (exact) mass is 340 g/mol. The molecule has 128 valence electrons. The van der Waals surface area contributed by atoms with E-state index in [2.05, 4.69) is 4.74 Å². The third-order valence-electron chi connectivity index (χ3n) is 3.21. The summed E-state index contributed by atoms with van der Waals surface area (Å²) in [5, 5.41) is 10.1. The first kappa shape index (κ1) is 17.8. The standard InChI is InChI=1S/C17H15F3O4/c1-10(21)14-7-4-12(18)8-16(14)23-9-15(22)11-2-5-13(6-3-11)24-17(19)20/h2-8,15,17,22H,9H2,1H3. The lowest BCUT2D eigenvalue weighted by Gasteiger charge is -2.15. The maximum absolute atomic E-state index is 13.3. The maximum atomic E-state index is 13.3. The van der Waals surface area contributed by atoms with E-state index in [1.807, 2.05) is 0 Å². The van der Waals surface area contributed by atoms with E-state index in [9.17, 15) is 23.1 Å². The molecule has 0 aliphatic carbocycles. The molecule has 1 atom stereocenters. The summed E-state index contributed by atoms with van der Waals surface area (Å²) in [5.41, 5.74) is 0.599. The first-order valence-corrected chi connectivity index (χ1v) is 7.03. The van der Waals surface area contributed by atoms with Gasteiger partial charge in [0, 0.05) is 6.07 Å². The van der Waals surface area contributed by atoms with Crippen LogP contribution in [0.4, 0.5) is 13.2 Å². The van der Waals surface area contributed by atoms with E-state index in [-0.39, 0.29) is 29.5 Å². The number of carbonyl (C=O) groups is 1. The van der Waals surface area contributed by atoms with E-state index >= 15 is 0 Å². The van der Waals surface area contributed by atoms with E-state index in [1.54, 1.807) is 0 Å². The van der Waals surface area contributed by atoms with Crippen LogP contribution in [0.15, 0.2) is 42.5 Å². The third-order valence-corrected chi connectivity index (χ3v) is 3.21. The molecule has 1 N–H and O–H groups in total. The maximum Gasteiger partial charge on any atom is 0.387 e. The van der Waals surface area contributed by atoms with Crippen molar-refractivity contribution >= 4 is 5.78 Å². The van der Waals surface area contributed by atoms with E-state index in [0.717, 1.165) is 12.1 Å². The van der Waals surface area contributed by atoms with Crippen LogP contribution < -0.4 is 9.47 Å². The zero-order valence-electron chi connectivity index (χ0n) is 12.7. The molecule has 0 saturated heterocycles. The van der Waals surface area contributed by atoms with Crippen molar-refractivity contribution < 1.29 is 32.5 Å². The molecule has 0 bridgehead atoms. The molecule has 24 heavy (non-hydrogen) atoms. The molecule has 0 aliphatic rings. The molecule has 2 aromatic rings. The summed E-state index contributed by atoms with van der Waals surface area (Å²) in [4.78, 5) is 11.5. The van der Waals surface area contributed by atoms with Gasteiger partial charge in [0.1, 0.15) is 30.0 Å². The first-order chi connectivity index (χ1) is 11.4. The zero-order valence-corrected chi connectivity index (χ0v) is 12.7. The van der Waals surface area contributed by atoms with Crippen molar-refractivity contribution in [2.75, 3.05) is 6.61 Å². The van der Waals surface area contributed by atoms with Gasteiger partial charge in [0.05, 0.1) is 5.56 Å². The number of alkyl halides is 2. The van der Waals surface area contributed by atoms with Gasteiger partial charge in [-0.1, -0.05) is 12.1 Å². The number of hydrogen-bond acceptors (Lipinski definition) is 4. The van der Waals surface area contributed by atoms with Crippen LogP contribution in [0.25, 0.3) is 0 Å². The van der Waals surface area contributed by atoms with Crippen LogP contribution in [0.1, 0.15) is 28.9 Å². The minimum absolute atomic E-state index is 0.0270. The van der Waals surface area contributed by atoms with Crippen molar-refractivity contribution in [3.63, 3.8) is 0 Å². The largest absolute Gasteiger partial charge is 0.490 e. The van der Waals surface area contributed by atoms with Gasteiger partial charge >= 0.3 is 6.61 Å². The number of Topliss-reactive ketones (excluding diaryl/α,β-unsaturated/α-hetero) is 1. The van der Waals surface area contributed by atoms with Gasteiger partial charge < -0.3 is 14.6 Å². The fourth-order valence-corrected chi connectivity index (χ4v) is 2.04. The number of ether oxygens (including phenoxy) is 2. The molecular formula is C17H15F3O4. The van der Waals surface area contributed by atoms with E-state index in [1.165, 1.54) is 37.3 Å². The SMILES string of the molecule is CC(=O)c1ccc(F)cc1OCC(O)c1ccc(OC(F)F)cc1. The summed E-state index contributed by atoms with van der Waals surface area (Å²) < 4.78 is 47.0. The van der Waals surface area contributed by atoms with E-state index in [4.69, 9.17) is 4.74 Å². The van der Waals surface area contributed by atoms with Crippen molar-refractivity contribution in [2.45, 2.75) is 19.6 Å². The summed E-state index contributed by atoms with van der Waals surface area (Å²) in [7, 11) is 0. The van der Waals surface area contributed by atoms with Crippen molar-refractivity contribution in [3.8, 4) is 11.5 Å². The van der Waals surface area contributed by atoms with Crippen LogP contribution in [-0.4, -0.2) is 24.1 Å². The molecule has 0 amide bonds. The highest BCUT2D eigenvalue weighted by molar-refractivity contribution is 5.96. The molecule has 0 radical (unpaired) electrons. The Labute approximate surface area is 136 Å².